The largest absolute Gasteiger partial charge is 0.380 e. The minimum absolute atomic E-state index is 0.0527. The van der Waals surface area contributed by atoms with E-state index < -0.39 is 0 Å². The summed E-state index contributed by atoms with van der Waals surface area (Å²) in [5, 5.41) is 0. The number of nitrogens with zero attached hydrogens (tertiary/aromatic N) is 1. The second kappa shape index (κ2) is 7.92. The Morgan fingerprint density at radius 3 is 2.37 bits per heavy atom. The van der Waals surface area contributed by atoms with E-state index in [0.717, 1.165) is 12.0 Å². The number of nitrogens with two attached hydrogens (primary N) is 1. The molecule has 0 heterocycles. The first-order chi connectivity index (χ1) is 9.10. The zero-order valence-electron chi connectivity index (χ0n) is 12.1. The molecule has 0 aliphatic heterocycles. The van der Waals surface area contributed by atoms with Crippen LogP contribution in [-0.2, 0) is 22.5 Å². The Balaban J connectivity index is 2.53. The molecule has 2 N–H and O–H groups in total. The van der Waals surface area contributed by atoms with Crippen LogP contribution in [-0.4, -0.2) is 37.6 Å². The maximum Gasteiger partial charge on any atom is 0.225 e. The standard InChI is InChI=1S/C15H24N2O2/c1-4-12-5-7-13(8-6-12)11-17(2)15(18)9-14(10-16)19-3/h5-8,14H,4,9-11,16H2,1-3H3. The molecule has 1 aromatic rings. The molecule has 1 atom stereocenters. The van der Waals surface area contributed by atoms with Crippen LogP contribution in [0.25, 0.3) is 0 Å². The van der Waals surface area contributed by atoms with Crippen LogP contribution < -0.4 is 5.73 Å². The van der Waals surface area contributed by atoms with E-state index in [2.05, 4.69) is 31.2 Å². The number of hydrogen-bond donors (Lipinski definition) is 1. The van der Waals surface area contributed by atoms with Crippen LogP contribution >= 0.6 is 0 Å². The van der Waals surface area contributed by atoms with Crippen LogP contribution in [0.4, 0.5) is 0 Å². The van der Waals surface area contributed by atoms with E-state index in [4.69, 9.17) is 10.5 Å². The van der Waals surface area contributed by atoms with Gasteiger partial charge in [-0.05, 0) is 17.5 Å². The fraction of sp³-hybridized carbons (Fsp3) is 0.533. The zero-order chi connectivity index (χ0) is 14.3. The van der Waals surface area contributed by atoms with E-state index in [1.54, 1.807) is 19.1 Å². The van der Waals surface area contributed by atoms with Crippen molar-refractivity contribution in [2.45, 2.75) is 32.4 Å². The zero-order valence-corrected chi connectivity index (χ0v) is 12.1. The summed E-state index contributed by atoms with van der Waals surface area (Å²) < 4.78 is 5.13. The maximum atomic E-state index is 12.0. The molecule has 0 saturated heterocycles. The normalized spacial score (nSPS) is 12.2. The lowest BCUT2D eigenvalue weighted by Gasteiger charge is -2.20. The number of amides is 1. The average molecular weight is 264 g/mol. The van der Waals surface area contributed by atoms with Crippen molar-refractivity contribution < 1.29 is 9.53 Å². The van der Waals surface area contributed by atoms with Gasteiger partial charge in [0.05, 0.1) is 12.5 Å². The predicted molar refractivity (Wildman–Crippen MR) is 76.8 cm³/mol. The Kier molecular flexibility index (Phi) is 6.53. The summed E-state index contributed by atoms with van der Waals surface area (Å²) in [7, 11) is 3.38. The van der Waals surface area contributed by atoms with Crippen molar-refractivity contribution in [1.82, 2.24) is 4.90 Å². The van der Waals surface area contributed by atoms with Crippen LogP contribution in [0.5, 0.6) is 0 Å². The first-order valence-electron chi connectivity index (χ1n) is 6.65. The van der Waals surface area contributed by atoms with Gasteiger partial charge in [0.1, 0.15) is 0 Å². The first-order valence-corrected chi connectivity index (χ1v) is 6.65. The molecule has 1 amide bonds. The molecular weight excluding hydrogens is 240 g/mol. The van der Waals surface area contributed by atoms with Gasteiger partial charge in [-0.1, -0.05) is 31.2 Å². The van der Waals surface area contributed by atoms with Crippen molar-refractivity contribution in [2.24, 2.45) is 5.73 Å². The van der Waals surface area contributed by atoms with Gasteiger partial charge in [0.25, 0.3) is 0 Å². The van der Waals surface area contributed by atoms with Crippen LogP contribution in [0.15, 0.2) is 24.3 Å². The van der Waals surface area contributed by atoms with E-state index in [0.29, 0.717) is 19.5 Å². The summed E-state index contributed by atoms with van der Waals surface area (Å²) in [6, 6.07) is 8.34. The lowest BCUT2D eigenvalue weighted by Crippen LogP contribution is -2.33. The molecule has 1 rings (SSSR count). The van der Waals surface area contributed by atoms with Crippen molar-refractivity contribution in [3.05, 3.63) is 35.4 Å². The fourth-order valence-electron chi connectivity index (χ4n) is 1.86. The molecule has 0 spiro atoms. The molecule has 1 aromatic carbocycles. The highest BCUT2D eigenvalue weighted by atomic mass is 16.5. The number of rotatable bonds is 7. The van der Waals surface area contributed by atoms with E-state index in [-0.39, 0.29) is 12.0 Å². The molecule has 106 valence electrons. The lowest BCUT2D eigenvalue weighted by atomic mass is 10.1. The Morgan fingerprint density at radius 1 is 1.32 bits per heavy atom. The molecule has 0 saturated carbocycles. The topological polar surface area (TPSA) is 55.6 Å². The third kappa shape index (κ3) is 5.01. The minimum atomic E-state index is -0.197. The molecule has 19 heavy (non-hydrogen) atoms. The van der Waals surface area contributed by atoms with E-state index in [1.165, 1.54) is 5.56 Å². The number of methoxy groups -OCH3 is 1. The van der Waals surface area contributed by atoms with Crippen molar-refractivity contribution in [1.29, 1.82) is 0 Å². The van der Waals surface area contributed by atoms with Gasteiger partial charge in [-0.3, -0.25) is 4.79 Å². The number of aryl methyl sites for hydroxylation is 1. The van der Waals surface area contributed by atoms with Crippen molar-refractivity contribution in [2.75, 3.05) is 20.7 Å². The van der Waals surface area contributed by atoms with Gasteiger partial charge in [0.15, 0.2) is 0 Å². The van der Waals surface area contributed by atoms with E-state index in [1.807, 2.05) is 0 Å². The molecule has 0 aromatic heterocycles. The predicted octanol–water partition coefficient (Wildman–Crippen LogP) is 1.57. The second-order valence-corrected chi connectivity index (χ2v) is 4.72. The fourth-order valence-corrected chi connectivity index (χ4v) is 1.86. The number of carbonyl (C=O) groups excluding carboxylic acids is 1. The Labute approximate surface area is 115 Å². The summed E-state index contributed by atoms with van der Waals surface area (Å²) in [4.78, 5) is 13.7. The van der Waals surface area contributed by atoms with Gasteiger partial charge in [-0.2, -0.15) is 0 Å². The molecule has 4 heteroatoms. The smallest absolute Gasteiger partial charge is 0.225 e. The number of carbonyl (C=O) groups is 1. The van der Waals surface area contributed by atoms with Gasteiger partial charge in [0, 0.05) is 27.2 Å². The monoisotopic (exact) mass is 264 g/mol. The van der Waals surface area contributed by atoms with Crippen LogP contribution in [0, 0.1) is 0 Å². The molecule has 0 aliphatic rings. The number of hydrogen-bond acceptors (Lipinski definition) is 3. The first kappa shape index (κ1) is 15.7. The van der Waals surface area contributed by atoms with Gasteiger partial charge in [-0.15, -0.1) is 0 Å². The highest BCUT2D eigenvalue weighted by Crippen LogP contribution is 2.09. The summed E-state index contributed by atoms with van der Waals surface area (Å²) in [6.07, 6.45) is 1.16. The number of benzene rings is 1. The second-order valence-electron chi connectivity index (χ2n) is 4.72. The van der Waals surface area contributed by atoms with Crippen LogP contribution in [0.1, 0.15) is 24.5 Å². The van der Waals surface area contributed by atoms with Gasteiger partial charge < -0.3 is 15.4 Å². The molecule has 0 aliphatic carbocycles. The SMILES string of the molecule is CCc1ccc(CN(C)C(=O)CC(CN)OC)cc1. The lowest BCUT2D eigenvalue weighted by molar-refractivity contribution is -0.132. The third-order valence-corrected chi connectivity index (χ3v) is 3.28. The summed E-state index contributed by atoms with van der Waals surface area (Å²) >= 11 is 0. The number of ether oxygens (including phenoxy) is 1. The molecule has 0 fully saturated rings. The maximum absolute atomic E-state index is 12.0. The summed E-state index contributed by atoms with van der Waals surface area (Å²) in [6.45, 7) is 3.10. The van der Waals surface area contributed by atoms with Gasteiger partial charge >= 0.3 is 0 Å². The highest BCUT2D eigenvalue weighted by Gasteiger charge is 2.15. The van der Waals surface area contributed by atoms with E-state index >= 15 is 0 Å². The van der Waals surface area contributed by atoms with Crippen molar-refractivity contribution in [3.63, 3.8) is 0 Å². The van der Waals surface area contributed by atoms with Gasteiger partial charge in [-0.25, -0.2) is 0 Å². The van der Waals surface area contributed by atoms with Gasteiger partial charge in [0.2, 0.25) is 5.91 Å². The third-order valence-electron chi connectivity index (χ3n) is 3.28. The summed E-state index contributed by atoms with van der Waals surface area (Å²) in [5.74, 6) is 0.0527. The Bertz CT molecular complexity index is 386. The van der Waals surface area contributed by atoms with E-state index in [9.17, 15) is 4.79 Å². The summed E-state index contributed by atoms with van der Waals surface area (Å²) in [5.41, 5.74) is 7.96. The highest BCUT2D eigenvalue weighted by molar-refractivity contribution is 5.76. The molecule has 1 unspecified atom stereocenters. The Morgan fingerprint density at radius 2 is 1.89 bits per heavy atom. The molecule has 4 nitrogen and oxygen atoms in total. The minimum Gasteiger partial charge on any atom is -0.380 e. The van der Waals surface area contributed by atoms with Crippen molar-refractivity contribution in [3.8, 4) is 0 Å². The Hall–Kier alpha value is -1.39. The molecule has 0 bridgehead atoms. The van der Waals surface area contributed by atoms with Crippen LogP contribution in [0.3, 0.4) is 0 Å². The molecular formula is C15H24N2O2. The van der Waals surface area contributed by atoms with Crippen LogP contribution in [0.2, 0.25) is 0 Å². The quantitative estimate of drug-likeness (QED) is 0.813. The molecule has 0 radical (unpaired) electrons. The average Bonchev–Trinajstić information content (AvgIpc) is 2.45. The van der Waals surface area contributed by atoms with Crippen molar-refractivity contribution >= 4 is 5.91 Å².